The average molecular weight is 1750 g/mol. The number of pyridine rings is 4. The lowest BCUT2D eigenvalue weighted by Crippen LogP contribution is -2.44. The van der Waals surface area contributed by atoms with E-state index in [9.17, 15) is 42.7 Å². The summed E-state index contributed by atoms with van der Waals surface area (Å²) in [6, 6.07) is 78.7. The van der Waals surface area contributed by atoms with Gasteiger partial charge in [0.1, 0.15) is 11.0 Å². The second-order valence-corrected chi connectivity index (χ2v) is 33.7. The molecular weight excluding hydrogens is 1630 g/mol. The van der Waals surface area contributed by atoms with Gasteiger partial charge in [-0.25, -0.2) is 19.9 Å². The minimum absolute atomic E-state index is 0.0467. The molecule has 4 aliphatic rings. The van der Waals surface area contributed by atoms with Crippen molar-refractivity contribution in [3.63, 3.8) is 0 Å². The van der Waals surface area contributed by atoms with E-state index in [4.69, 9.17) is 22.1 Å². The van der Waals surface area contributed by atoms with Gasteiger partial charge in [0.25, 0.3) is 0 Å². The van der Waals surface area contributed by atoms with Gasteiger partial charge in [0, 0.05) is 151 Å². The fourth-order valence-electron chi connectivity index (χ4n) is 16.1. The van der Waals surface area contributed by atoms with Crippen molar-refractivity contribution < 1.29 is 47.5 Å². The number of ether oxygens (including phenoxy) is 1. The van der Waals surface area contributed by atoms with Crippen LogP contribution in [-0.4, -0.2) is 98.0 Å². The Morgan fingerprint density at radius 2 is 0.558 bits per heavy atom. The highest BCUT2D eigenvalue weighted by Gasteiger charge is 2.33. The second-order valence-electron chi connectivity index (χ2n) is 33.3. The Balaban J connectivity index is 0.000000147. The zero-order chi connectivity index (χ0) is 90.7. The molecule has 0 bridgehead atoms. The van der Waals surface area contributed by atoms with Crippen LogP contribution >= 0.6 is 11.6 Å². The molecule has 0 radical (unpaired) electrons. The second kappa shape index (κ2) is 45.9. The van der Waals surface area contributed by atoms with E-state index in [1.54, 1.807) is 43.9 Å². The molecule has 4 saturated carbocycles. The Morgan fingerprint density at radius 3 is 0.760 bits per heavy atom. The van der Waals surface area contributed by atoms with Gasteiger partial charge in [-0.1, -0.05) is 209 Å². The van der Waals surface area contributed by atoms with E-state index in [0.717, 1.165) is 141 Å². The fourth-order valence-corrected chi connectivity index (χ4v) is 16.2. The molecule has 0 aliphatic heterocycles. The van der Waals surface area contributed by atoms with Crippen molar-refractivity contribution in [2.45, 2.75) is 206 Å². The van der Waals surface area contributed by atoms with Gasteiger partial charge in [0.2, 0.25) is 35.5 Å². The number of amides is 4. The normalized spacial score (nSPS) is 13.4. The van der Waals surface area contributed by atoms with Crippen LogP contribution < -0.4 is 30.1 Å². The lowest BCUT2D eigenvalue weighted by Gasteiger charge is -2.37. The Morgan fingerprint density at radius 1 is 0.318 bits per heavy atom. The number of anilines is 5. The number of carbonyl (C=O) groups is 8. The largest absolute Gasteiger partial charge is 0.481 e. The third-order valence-electron chi connectivity index (χ3n) is 24.8. The minimum Gasteiger partial charge on any atom is -0.481 e. The van der Waals surface area contributed by atoms with Crippen LogP contribution in [0.1, 0.15) is 220 Å². The van der Waals surface area contributed by atoms with Crippen LogP contribution in [-0.2, 0) is 44.9 Å². The number of benzene rings is 8. The van der Waals surface area contributed by atoms with Crippen LogP contribution in [0.15, 0.2) is 267 Å². The van der Waals surface area contributed by atoms with Gasteiger partial charge in [-0.05, 0) is 236 Å². The molecule has 4 amide bonds. The molecule has 4 heterocycles. The van der Waals surface area contributed by atoms with Crippen molar-refractivity contribution >= 4 is 86.9 Å². The van der Waals surface area contributed by atoms with E-state index < -0.39 is 5.95 Å². The number of hydrogen-bond acceptors (Lipinski definition) is 14. The van der Waals surface area contributed by atoms with Gasteiger partial charge in [0.05, 0.1) is 7.11 Å². The third-order valence-corrected chi connectivity index (χ3v) is 25.0. The number of aromatic nitrogens is 4. The van der Waals surface area contributed by atoms with Gasteiger partial charge < -0.3 is 30.1 Å². The number of nitrogens with two attached hydrogens (primary N) is 1. The lowest BCUT2D eigenvalue weighted by atomic mass is 9.90. The molecule has 4 fully saturated rings. The first-order valence-electron chi connectivity index (χ1n) is 45.4. The van der Waals surface area contributed by atoms with Gasteiger partial charge in [-0.15, -0.1) is 0 Å². The van der Waals surface area contributed by atoms with Crippen molar-refractivity contribution in [2.24, 2.45) is 0 Å². The summed E-state index contributed by atoms with van der Waals surface area (Å²) in [7, 11) is 1.58. The van der Waals surface area contributed by atoms with E-state index in [1.165, 1.54) is 37.9 Å². The van der Waals surface area contributed by atoms with Gasteiger partial charge in [0.15, 0.2) is 23.1 Å². The number of halogens is 2. The van der Waals surface area contributed by atoms with Gasteiger partial charge in [-0.3, -0.25) is 38.4 Å². The topological polar surface area (TPSA) is 236 Å². The summed E-state index contributed by atoms with van der Waals surface area (Å²) in [5, 5.41) is 0.455. The van der Waals surface area contributed by atoms with E-state index in [1.807, 2.05) is 241 Å². The molecule has 4 aromatic heterocycles. The third kappa shape index (κ3) is 25.2. The maximum absolute atomic E-state index is 12.9. The molecule has 129 heavy (non-hydrogen) atoms. The number of methoxy groups -OCH3 is 1. The molecule has 18 nitrogen and oxygen atoms in total. The number of aryl methyl sites for hydroxylation is 4. The highest BCUT2D eigenvalue weighted by atomic mass is 35.5. The van der Waals surface area contributed by atoms with Crippen LogP contribution in [0.25, 0.3) is 44.5 Å². The van der Waals surface area contributed by atoms with E-state index in [2.05, 4.69) is 44.2 Å². The molecule has 12 aromatic rings. The Bertz CT molecular complexity index is 5310. The van der Waals surface area contributed by atoms with Crippen molar-refractivity contribution in [3.8, 4) is 50.4 Å². The van der Waals surface area contributed by atoms with Crippen LogP contribution in [0.2, 0.25) is 5.15 Å². The minimum atomic E-state index is -0.517. The zero-order valence-corrected chi connectivity index (χ0v) is 75.0. The molecule has 2 N–H and O–H groups in total. The van der Waals surface area contributed by atoms with E-state index in [0.29, 0.717) is 140 Å². The molecule has 0 atom stereocenters. The first-order chi connectivity index (χ1) is 62.7. The number of ketones is 4. The SMILES string of the molecule is CCC(=O)N(c1ccc(-c2ccc(C(=O)CCc3ccc(Cl)nc3)cc2)cc1)C1CCC1.CCC(=O)N(c1ccc(-c2ccc(C(=O)CCc3ccc(F)nc3)cc2)cc1)C1CCC1.CCC(=O)N(c1ccc(-c2ccc(C(=O)CCc3ccc(N)nc3)cc2)cc1)C1CCC1.CCC(=O)N(c1ccc(-c2ccc(C(=O)CCc3ccc(OC)nc3)cc2)cc1)C1CCC1. The summed E-state index contributed by atoms with van der Waals surface area (Å²) in [5.41, 5.74) is 24.5. The van der Waals surface area contributed by atoms with Gasteiger partial charge >= 0.3 is 0 Å². The van der Waals surface area contributed by atoms with Crippen LogP contribution in [0.5, 0.6) is 5.88 Å². The van der Waals surface area contributed by atoms with Crippen molar-refractivity contribution in [1.29, 1.82) is 0 Å². The summed E-state index contributed by atoms with van der Waals surface area (Å²) in [5.74, 6) is 1.62. The highest BCUT2D eigenvalue weighted by molar-refractivity contribution is 6.29. The first kappa shape index (κ1) is 93.4. The number of hydrogen-bond donors (Lipinski definition) is 1. The number of nitrogen functional groups attached to an aromatic ring is 1. The zero-order valence-electron chi connectivity index (χ0n) is 74.3. The molecule has 8 aromatic carbocycles. The molecule has 0 saturated heterocycles. The van der Waals surface area contributed by atoms with Gasteiger partial charge in [-0.2, -0.15) is 4.39 Å². The molecule has 0 unspecified atom stereocenters. The maximum atomic E-state index is 12.9. The molecule has 16 rings (SSSR count). The Labute approximate surface area is 761 Å². The predicted molar refractivity (Wildman–Crippen MR) is 513 cm³/mol. The summed E-state index contributed by atoms with van der Waals surface area (Å²) in [6.07, 6.45) is 26.2. The smallest absolute Gasteiger partial charge is 0.226 e. The quantitative estimate of drug-likeness (QED) is 0.0297. The summed E-state index contributed by atoms with van der Waals surface area (Å²) >= 11 is 5.81. The first-order valence-corrected chi connectivity index (χ1v) is 45.7. The highest BCUT2D eigenvalue weighted by Crippen LogP contribution is 2.38. The monoisotopic (exact) mass is 1750 g/mol. The van der Waals surface area contributed by atoms with Crippen molar-refractivity contribution in [1.82, 2.24) is 19.9 Å². The number of nitrogens with zero attached hydrogens (tertiary/aromatic N) is 8. The lowest BCUT2D eigenvalue weighted by molar-refractivity contribution is -0.120. The maximum Gasteiger partial charge on any atom is 0.226 e. The summed E-state index contributed by atoms with van der Waals surface area (Å²) < 4.78 is 18.0. The van der Waals surface area contributed by atoms with Crippen LogP contribution in [0, 0.1) is 5.95 Å². The fraction of sp³-hybridized carbons (Fsp3) is 0.303. The van der Waals surface area contributed by atoms with E-state index in [-0.39, 0.29) is 46.8 Å². The molecule has 662 valence electrons. The average Bonchev–Trinajstić information content (AvgIpc) is 0.824. The van der Waals surface area contributed by atoms with Crippen LogP contribution in [0.4, 0.5) is 33.0 Å². The van der Waals surface area contributed by atoms with Crippen molar-refractivity contribution in [2.75, 3.05) is 32.4 Å². The molecular formula is C109H113ClFN9O9. The summed E-state index contributed by atoms with van der Waals surface area (Å²) in [6.45, 7) is 7.65. The standard InChI is InChI=1S/C28H30N2O3.C27H27ClN2O2.C27H27FN2O2.C27H29N3O2/c1-3-28(32)30(24-5-4-6-24)25-15-13-22(14-16-25)21-9-11-23(12-10-21)26(31)17-7-20-8-18-27(33-2)29-19-20;3*1-2-27(32)30(23-4-3-5-23)24-14-12-21(13-15-24)20-8-10-22(11-9-20)25(31)16-6-19-7-17-26(28)29-18-19/h8-16,18-19,24H,3-7,17H2,1-2H3;2*7-15,17-18,23H,2-6,16H2,1H3;7-15,17-18,23H,2-6,16H2,1H3,(H2,28,29). The molecule has 0 spiro atoms. The van der Waals surface area contributed by atoms with Crippen LogP contribution in [0.3, 0.4) is 0 Å². The molecule has 4 aliphatic carbocycles. The molecule has 20 heteroatoms. The summed E-state index contributed by atoms with van der Waals surface area (Å²) in [4.78, 5) is 124. The van der Waals surface area contributed by atoms with Crippen molar-refractivity contribution in [3.05, 3.63) is 323 Å². The predicted octanol–water partition coefficient (Wildman–Crippen LogP) is 23.8. The Hall–Kier alpha value is -13.3. The number of Topliss-reactive ketones (excluding diaryl/α,β-unsaturated/α-hetero) is 4. The van der Waals surface area contributed by atoms with E-state index >= 15 is 0 Å². The number of rotatable bonds is 33. The number of carbonyl (C=O) groups excluding carboxylic acids is 8. The Kier molecular flexibility index (Phi) is 33.3.